The third-order valence-corrected chi connectivity index (χ3v) is 5.17. The minimum Gasteiger partial charge on any atom is -0.314 e. The van der Waals surface area contributed by atoms with Crippen LogP contribution in [0.1, 0.15) is 6.92 Å². The summed E-state index contributed by atoms with van der Waals surface area (Å²) in [6.07, 6.45) is 1.09. The lowest BCUT2D eigenvalue weighted by molar-refractivity contribution is 0.353. The summed E-state index contributed by atoms with van der Waals surface area (Å²) < 4.78 is 49.5. The molecule has 7 nitrogen and oxygen atoms in total. The van der Waals surface area contributed by atoms with Crippen LogP contribution in [0.2, 0.25) is 0 Å². The first-order chi connectivity index (χ1) is 7.71. The summed E-state index contributed by atoms with van der Waals surface area (Å²) in [4.78, 5) is 0. The first-order valence-corrected chi connectivity index (χ1v) is 8.86. The van der Waals surface area contributed by atoms with E-state index in [9.17, 15) is 16.8 Å². The minimum atomic E-state index is -3.58. The van der Waals surface area contributed by atoms with Gasteiger partial charge in [-0.2, -0.15) is 17.4 Å². The second kappa shape index (κ2) is 5.61. The molecule has 2 N–H and O–H groups in total. The standard InChI is InChI=1S/C8H19N3O4S2/c1-8(7-16(2,12)13)10-17(14,15)11-5-3-9-4-6-11/h8-10H,3-7H2,1-2H3. The molecule has 1 aliphatic rings. The SMILES string of the molecule is CC(CS(C)(=O)=O)NS(=O)(=O)N1CCNCC1. The zero-order chi connectivity index (χ0) is 13.1. The molecule has 0 aromatic carbocycles. The van der Waals surface area contributed by atoms with Gasteiger partial charge in [-0.3, -0.25) is 0 Å². The lowest BCUT2D eigenvalue weighted by Gasteiger charge is -2.28. The molecule has 0 radical (unpaired) electrons. The smallest absolute Gasteiger partial charge is 0.279 e. The van der Waals surface area contributed by atoms with E-state index < -0.39 is 26.1 Å². The molecule has 0 aromatic heterocycles. The Kier molecular flexibility index (Phi) is 4.90. The Bertz CT molecular complexity index is 439. The Labute approximate surface area is 103 Å². The monoisotopic (exact) mass is 285 g/mol. The van der Waals surface area contributed by atoms with Gasteiger partial charge in [-0.15, -0.1) is 0 Å². The number of nitrogens with zero attached hydrogens (tertiary/aromatic N) is 1. The molecule has 0 spiro atoms. The summed E-state index contributed by atoms with van der Waals surface area (Å²) in [5.74, 6) is -0.196. The predicted octanol–water partition coefficient (Wildman–Crippen LogP) is -1.84. The number of hydrogen-bond donors (Lipinski definition) is 2. The lowest BCUT2D eigenvalue weighted by atomic mass is 10.4. The first kappa shape index (κ1) is 14.8. The average Bonchev–Trinajstić information content (AvgIpc) is 2.15. The van der Waals surface area contributed by atoms with Crippen LogP contribution in [0.5, 0.6) is 0 Å². The summed E-state index contributed by atoms with van der Waals surface area (Å²) in [6, 6.07) is -0.620. The molecule has 0 aliphatic carbocycles. The van der Waals surface area contributed by atoms with Crippen molar-refractivity contribution in [2.75, 3.05) is 38.2 Å². The van der Waals surface area contributed by atoms with E-state index >= 15 is 0 Å². The van der Waals surface area contributed by atoms with Gasteiger partial charge in [-0.25, -0.2) is 8.42 Å². The van der Waals surface area contributed by atoms with Crippen molar-refractivity contribution in [2.45, 2.75) is 13.0 Å². The Balaban J connectivity index is 2.59. The third kappa shape index (κ3) is 5.30. The van der Waals surface area contributed by atoms with Gasteiger partial charge in [0.2, 0.25) is 0 Å². The van der Waals surface area contributed by atoms with Crippen molar-refractivity contribution < 1.29 is 16.8 Å². The molecule has 1 atom stereocenters. The van der Waals surface area contributed by atoms with E-state index in [1.807, 2.05) is 0 Å². The van der Waals surface area contributed by atoms with E-state index in [-0.39, 0.29) is 5.75 Å². The van der Waals surface area contributed by atoms with Crippen LogP contribution in [0.4, 0.5) is 0 Å². The summed E-state index contributed by atoms with van der Waals surface area (Å²) in [5.41, 5.74) is 0. The molecule has 1 unspecified atom stereocenters. The van der Waals surface area contributed by atoms with E-state index in [2.05, 4.69) is 10.0 Å². The van der Waals surface area contributed by atoms with Gasteiger partial charge in [0.05, 0.1) is 5.75 Å². The summed E-state index contributed by atoms with van der Waals surface area (Å²) in [5, 5.41) is 3.05. The summed E-state index contributed by atoms with van der Waals surface area (Å²) >= 11 is 0. The van der Waals surface area contributed by atoms with Gasteiger partial charge in [-0.1, -0.05) is 0 Å². The van der Waals surface area contributed by atoms with Crippen LogP contribution < -0.4 is 10.0 Å². The predicted molar refractivity (Wildman–Crippen MR) is 65.7 cm³/mol. The zero-order valence-electron chi connectivity index (χ0n) is 10.0. The highest BCUT2D eigenvalue weighted by molar-refractivity contribution is 7.90. The molecule has 1 heterocycles. The Hall–Kier alpha value is -0.220. The minimum absolute atomic E-state index is 0.196. The van der Waals surface area contributed by atoms with E-state index in [0.29, 0.717) is 26.2 Å². The van der Waals surface area contributed by atoms with Gasteiger partial charge in [0.15, 0.2) is 0 Å². The maximum atomic E-state index is 11.9. The van der Waals surface area contributed by atoms with Gasteiger partial charge < -0.3 is 5.32 Å². The zero-order valence-corrected chi connectivity index (χ0v) is 11.6. The van der Waals surface area contributed by atoms with Crippen molar-refractivity contribution in [3.63, 3.8) is 0 Å². The van der Waals surface area contributed by atoms with Gasteiger partial charge in [-0.05, 0) is 6.92 Å². The fourth-order valence-electron chi connectivity index (χ4n) is 1.70. The molecule has 0 aromatic rings. The van der Waals surface area contributed by atoms with E-state index in [4.69, 9.17) is 0 Å². The van der Waals surface area contributed by atoms with Gasteiger partial charge in [0.25, 0.3) is 10.2 Å². The van der Waals surface area contributed by atoms with Crippen molar-refractivity contribution in [3.05, 3.63) is 0 Å². The Morgan fingerprint density at radius 2 is 1.76 bits per heavy atom. The Morgan fingerprint density at radius 3 is 2.24 bits per heavy atom. The number of piperazine rings is 1. The lowest BCUT2D eigenvalue weighted by Crippen LogP contribution is -2.52. The van der Waals surface area contributed by atoms with Crippen molar-refractivity contribution in [1.29, 1.82) is 0 Å². The molecular formula is C8H19N3O4S2. The highest BCUT2D eigenvalue weighted by atomic mass is 32.2. The molecule has 0 amide bonds. The average molecular weight is 285 g/mol. The molecule has 1 fully saturated rings. The molecule has 1 aliphatic heterocycles. The largest absolute Gasteiger partial charge is 0.314 e. The Morgan fingerprint density at radius 1 is 1.24 bits per heavy atom. The van der Waals surface area contributed by atoms with Gasteiger partial charge in [0, 0.05) is 38.5 Å². The number of rotatable bonds is 5. The molecule has 9 heteroatoms. The quantitative estimate of drug-likeness (QED) is 0.619. The fraction of sp³-hybridized carbons (Fsp3) is 1.00. The topological polar surface area (TPSA) is 95.6 Å². The third-order valence-electron chi connectivity index (χ3n) is 2.32. The van der Waals surface area contributed by atoms with Crippen molar-refractivity contribution in [3.8, 4) is 0 Å². The molecule has 1 rings (SSSR count). The summed E-state index contributed by atoms with van der Waals surface area (Å²) in [7, 11) is -6.76. The van der Waals surface area contributed by atoms with Crippen LogP contribution in [0.15, 0.2) is 0 Å². The number of sulfone groups is 1. The maximum Gasteiger partial charge on any atom is 0.279 e. The van der Waals surface area contributed by atoms with Crippen molar-refractivity contribution >= 4 is 20.0 Å². The van der Waals surface area contributed by atoms with Crippen molar-refractivity contribution in [2.24, 2.45) is 0 Å². The molecular weight excluding hydrogens is 266 g/mol. The molecule has 102 valence electrons. The van der Waals surface area contributed by atoms with Crippen LogP contribution in [-0.2, 0) is 20.0 Å². The van der Waals surface area contributed by atoms with Crippen LogP contribution in [-0.4, -0.2) is 65.4 Å². The summed E-state index contributed by atoms with van der Waals surface area (Å²) in [6.45, 7) is 3.57. The fourth-order valence-corrected chi connectivity index (χ4v) is 4.20. The molecule has 0 saturated carbocycles. The van der Waals surface area contributed by atoms with Crippen LogP contribution >= 0.6 is 0 Å². The van der Waals surface area contributed by atoms with Crippen LogP contribution in [0.25, 0.3) is 0 Å². The second-order valence-electron chi connectivity index (χ2n) is 4.27. The van der Waals surface area contributed by atoms with E-state index in [1.54, 1.807) is 6.92 Å². The maximum absolute atomic E-state index is 11.9. The number of nitrogens with one attached hydrogen (secondary N) is 2. The van der Waals surface area contributed by atoms with Crippen LogP contribution in [0, 0.1) is 0 Å². The first-order valence-electron chi connectivity index (χ1n) is 5.36. The van der Waals surface area contributed by atoms with Gasteiger partial charge in [0.1, 0.15) is 9.84 Å². The van der Waals surface area contributed by atoms with Crippen LogP contribution in [0.3, 0.4) is 0 Å². The van der Waals surface area contributed by atoms with Gasteiger partial charge >= 0.3 is 0 Å². The molecule has 17 heavy (non-hydrogen) atoms. The van der Waals surface area contributed by atoms with E-state index in [0.717, 1.165) is 6.26 Å². The molecule has 0 bridgehead atoms. The van der Waals surface area contributed by atoms with Crippen molar-refractivity contribution in [1.82, 2.24) is 14.3 Å². The van der Waals surface area contributed by atoms with E-state index in [1.165, 1.54) is 4.31 Å². The highest BCUT2D eigenvalue weighted by Gasteiger charge is 2.26. The second-order valence-corrected chi connectivity index (χ2v) is 8.15. The number of hydrogen-bond acceptors (Lipinski definition) is 5. The normalized spacial score (nSPS) is 21.3. The highest BCUT2D eigenvalue weighted by Crippen LogP contribution is 2.02. The molecule has 1 saturated heterocycles.